The molecule has 130 valence electrons. The number of pyridine rings is 1. The van der Waals surface area contributed by atoms with E-state index in [4.69, 9.17) is 0 Å². The summed E-state index contributed by atoms with van der Waals surface area (Å²) in [4.78, 5) is 10.2. The lowest BCUT2D eigenvalue weighted by molar-refractivity contribution is 0.280. The van der Waals surface area contributed by atoms with Gasteiger partial charge in [0.15, 0.2) is 0 Å². The molecule has 0 spiro atoms. The highest BCUT2D eigenvalue weighted by molar-refractivity contribution is 5.83. The van der Waals surface area contributed by atoms with E-state index in [9.17, 15) is 0 Å². The van der Waals surface area contributed by atoms with Crippen molar-refractivity contribution in [3.63, 3.8) is 0 Å². The summed E-state index contributed by atoms with van der Waals surface area (Å²) >= 11 is 0. The third-order valence-electron chi connectivity index (χ3n) is 4.83. The fraction of sp³-hybridized carbons (Fsp3) is 0.421. The van der Waals surface area contributed by atoms with Crippen LogP contribution in [-0.4, -0.2) is 51.2 Å². The van der Waals surface area contributed by atoms with Crippen LogP contribution in [0.5, 0.6) is 0 Å². The topological polar surface area (TPSA) is 69.7 Å². The van der Waals surface area contributed by atoms with Gasteiger partial charge in [-0.25, -0.2) is 4.98 Å². The van der Waals surface area contributed by atoms with Crippen molar-refractivity contribution in [3.8, 4) is 11.3 Å². The first-order chi connectivity index (χ1) is 12.3. The Bertz CT molecular complexity index is 831. The van der Waals surface area contributed by atoms with Crippen LogP contribution in [0.4, 0.5) is 0 Å². The molecule has 1 aliphatic rings. The largest absolute Gasteiger partial charge is 0.346 e. The molecule has 0 bridgehead atoms. The molecular formula is C19H24N6. The van der Waals surface area contributed by atoms with Gasteiger partial charge in [0.05, 0.1) is 11.4 Å². The molecule has 1 saturated heterocycles. The fourth-order valence-corrected chi connectivity index (χ4v) is 3.38. The molecule has 4 rings (SSSR count). The summed E-state index contributed by atoms with van der Waals surface area (Å²) in [5.41, 5.74) is 5.12. The van der Waals surface area contributed by atoms with E-state index in [1.54, 1.807) is 0 Å². The molecule has 4 heterocycles. The second-order valence-corrected chi connectivity index (χ2v) is 6.58. The molecule has 1 aliphatic heterocycles. The van der Waals surface area contributed by atoms with Crippen LogP contribution in [0, 0.1) is 0 Å². The summed E-state index contributed by atoms with van der Waals surface area (Å²) in [7, 11) is 0. The minimum Gasteiger partial charge on any atom is -0.346 e. The summed E-state index contributed by atoms with van der Waals surface area (Å²) in [6, 6.07) is 6.30. The Morgan fingerprint density at radius 1 is 1.16 bits per heavy atom. The van der Waals surface area contributed by atoms with E-state index < -0.39 is 0 Å². The maximum atomic E-state index is 4.51. The predicted molar refractivity (Wildman–Crippen MR) is 99.3 cm³/mol. The number of aryl methyl sites for hydroxylation is 1. The molecule has 3 aromatic heterocycles. The third kappa shape index (κ3) is 3.55. The molecule has 0 amide bonds. The molecule has 6 nitrogen and oxygen atoms in total. The van der Waals surface area contributed by atoms with Crippen molar-refractivity contribution in [1.29, 1.82) is 0 Å². The highest BCUT2D eigenvalue weighted by atomic mass is 15.2. The lowest BCUT2D eigenvalue weighted by Gasteiger charge is -2.18. The molecule has 6 heteroatoms. The third-order valence-corrected chi connectivity index (χ3v) is 4.83. The van der Waals surface area contributed by atoms with Crippen LogP contribution in [-0.2, 0) is 13.0 Å². The van der Waals surface area contributed by atoms with Crippen molar-refractivity contribution in [2.45, 2.75) is 26.3 Å². The highest BCUT2D eigenvalue weighted by Crippen LogP contribution is 2.23. The average Bonchev–Trinajstić information content (AvgIpc) is 2.89. The van der Waals surface area contributed by atoms with Gasteiger partial charge in [0.2, 0.25) is 0 Å². The minimum absolute atomic E-state index is 0.865. The lowest BCUT2D eigenvalue weighted by Crippen LogP contribution is -2.28. The van der Waals surface area contributed by atoms with Gasteiger partial charge < -0.3 is 10.3 Å². The van der Waals surface area contributed by atoms with Crippen LogP contribution in [0.25, 0.3) is 22.3 Å². The first-order valence-corrected chi connectivity index (χ1v) is 9.05. The molecule has 1 fully saturated rings. The first-order valence-electron chi connectivity index (χ1n) is 9.05. The van der Waals surface area contributed by atoms with Gasteiger partial charge in [-0.15, -0.1) is 0 Å². The fourth-order valence-electron chi connectivity index (χ4n) is 3.38. The number of H-pyrrole nitrogens is 1. The molecular weight excluding hydrogens is 312 g/mol. The Balaban J connectivity index is 1.53. The van der Waals surface area contributed by atoms with E-state index in [-0.39, 0.29) is 0 Å². The molecule has 0 aliphatic carbocycles. The van der Waals surface area contributed by atoms with Gasteiger partial charge in [-0.1, -0.05) is 6.92 Å². The van der Waals surface area contributed by atoms with Crippen LogP contribution in [0.1, 0.15) is 24.6 Å². The van der Waals surface area contributed by atoms with Crippen LogP contribution < -0.4 is 5.32 Å². The lowest BCUT2D eigenvalue weighted by atomic mass is 10.1. The van der Waals surface area contributed by atoms with Gasteiger partial charge in [-0.3, -0.25) is 4.90 Å². The van der Waals surface area contributed by atoms with Gasteiger partial charge in [0.1, 0.15) is 5.65 Å². The molecule has 3 aromatic rings. The summed E-state index contributed by atoms with van der Waals surface area (Å²) in [5, 5.41) is 13.5. The van der Waals surface area contributed by atoms with Gasteiger partial charge in [0.25, 0.3) is 0 Å². The number of hydrogen-bond acceptors (Lipinski definition) is 5. The average molecular weight is 336 g/mol. The maximum Gasteiger partial charge on any atom is 0.137 e. The molecule has 0 radical (unpaired) electrons. The van der Waals surface area contributed by atoms with Crippen molar-refractivity contribution in [3.05, 3.63) is 41.9 Å². The number of aromatic nitrogens is 4. The number of rotatable bonds is 4. The Kier molecular flexibility index (Phi) is 4.72. The van der Waals surface area contributed by atoms with E-state index in [1.165, 1.54) is 17.4 Å². The molecule has 0 atom stereocenters. The zero-order chi connectivity index (χ0) is 17.1. The Morgan fingerprint density at radius 3 is 2.96 bits per heavy atom. The second-order valence-electron chi connectivity index (χ2n) is 6.58. The summed E-state index contributed by atoms with van der Waals surface area (Å²) in [5.74, 6) is 0. The normalized spacial score (nSPS) is 16.2. The smallest absolute Gasteiger partial charge is 0.137 e. The zero-order valence-electron chi connectivity index (χ0n) is 14.6. The number of hydrogen-bond donors (Lipinski definition) is 2. The number of fused-ring (bicyclic) bond motifs is 1. The molecule has 0 saturated carbocycles. The van der Waals surface area contributed by atoms with Crippen molar-refractivity contribution in [1.82, 2.24) is 30.4 Å². The van der Waals surface area contributed by atoms with Gasteiger partial charge in [-0.2, -0.15) is 10.2 Å². The summed E-state index contributed by atoms with van der Waals surface area (Å²) in [6.07, 6.45) is 6.07. The first kappa shape index (κ1) is 16.2. The number of nitrogens with zero attached hydrogens (tertiary/aromatic N) is 4. The van der Waals surface area contributed by atoms with Gasteiger partial charge >= 0.3 is 0 Å². The maximum absolute atomic E-state index is 4.51. The molecule has 25 heavy (non-hydrogen) atoms. The summed E-state index contributed by atoms with van der Waals surface area (Å²) < 4.78 is 0. The van der Waals surface area contributed by atoms with E-state index in [2.05, 4.69) is 55.5 Å². The van der Waals surface area contributed by atoms with Gasteiger partial charge in [0, 0.05) is 43.0 Å². The van der Waals surface area contributed by atoms with Crippen molar-refractivity contribution in [2.75, 3.05) is 26.2 Å². The van der Waals surface area contributed by atoms with Crippen molar-refractivity contribution >= 4 is 11.0 Å². The molecule has 0 unspecified atom stereocenters. The zero-order valence-corrected chi connectivity index (χ0v) is 14.6. The van der Waals surface area contributed by atoms with Crippen molar-refractivity contribution < 1.29 is 0 Å². The molecule has 0 aromatic carbocycles. The van der Waals surface area contributed by atoms with Crippen LogP contribution in [0.15, 0.2) is 30.6 Å². The van der Waals surface area contributed by atoms with Crippen LogP contribution in [0.2, 0.25) is 0 Å². The predicted octanol–water partition coefficient (Wildman–Crippen LogP) is 2.38. The minimum atomic E-state index is 0.865. The van der Waals surface area contributed by atoms with E-state index in [1.807, 2.05) is 12.4 Å². The Morgan fingerprint density at radius 2 is 2.12 bits per heavy atom. The molecule has 2 N–H and O–H groups in total. The SMILES string of the molecule is CCc1c[nH]c2ncc(-c3ccc(CN4CCCNCC4)nn3)cc12. The number of nitrogens with one attached hydrogen (secondary N) is 2. The van der Waals surface area contributed by atoms with Gasteiger partial charge in [-0.05, 0) is 49.7 Å². The summed E-state index contributed by atoms with van der Waals surface area (Å²) in [6.45, 7) is 7.36. The quantitative estimate of drug-likeness (QED) is 0.765. The van der Waals surface area contributed by atoms with Crippen molar-refractivity contribution in [2.24, 2.45) is 0 Å². The standard InChI is InChI=1S/C19H24N6/c1-2-14-11-21-19-17(14)10-15(12-22-19)18-5-4-16(23-24-18)13-25-8-3-6-20-7-9-25/h4-5,10-12,20H,2-3,6-9,13H2,1H3,(H,21,22). The second kappa shape index (κ2) is 7.29. The Hall–Kier alpha value is -2.31. The van der Waals surface area contributed by atoms with Crippen LogP contribution in [0.3, 0.4) is 0 Å². The van der Waals surface area contributed by atoms with E-state index in [0.717, 1.165) is 61.7 Å². The van der Waals surface area contributed by atoms with E-state index >= 15 is 0 Å². The number of aromatic amines is 1. The van der Waals surface area contributed by atoms with Crippen LogP contribution >= 0.6 is 0 Å². The highest BCUT2D eigenvalue weighted by Gasteiger charge is 2.11. The van der Waals surface area contributed by atoms with E-state index in [0.29, 0.717) is 0 Å². The Labute approximate surface area is 147 Å². The monoisotopic (exact) mass is 336 g/mol.